The molecular formula is C17H25N3. The summed E-state index contributed by atoms with van der Waals surface area (Å²) >= 11 is 0. The van der Waals surface area contributed by atoms with Crippen molar-refractivity contribution >= 4 is 5.82 Å². The fourth-order valence-corrected chi connectivity index (χ4v) is 3.19. The maximum atomic E-state index is 9.26. The maximum Gasteiger partial charge on any atom is 0.144 e. The van der Waals surface area contributed by atoms with Gasteiger partial charge in [-0.15, -0.1) is 0 Å². The highest BCUT2D eigenvalue weighted by atomic mass is 15.0. The second kappa shape index (κ2) is 6.74. The molecule has 108 valence electrons. The van der Waals surface area contributed by atoms with Crippen LogP contribution in [0, 0.1) is 37.0 Å². The summed E-state index contributed by atoms with van der Waals surface area (Å²) in [4.78, 5) is 4.49. The van der Waals surface area contributed by atoms with E-state index in [0.717, 1.165) is 35.5 Å². The smallest absolute Gasteiger partial charge is 0.144 e. The molecule has 20 heavy (non-hydrogen) atoms. The lowest BCUT2D eigenvalue weighted by Gasteiger charge is -2.28. The largest absolute Gasteiger partial charge is 0.369 e. The van der Waals surface area contributed by atoms with Gasteiger partial charge in [-0.1, -0.05) is 26.2 Å². The van der Waals surface area contributed by atoms with E-state index in [9.17, 15) is 5.26 Å². The van der Waals surface area contributed by atoms with Crippen LogP contribution in [-0.2, 0) is 0 Å². The lowest BCUT2D eigenvalue weighted by molar-refractivity contribution is 0.278. The van der Waals surface area contributed by atoms with Crippen LogP contribution in [0.15, 0.2) is 6.07 Å². The van der Waals surface area contributed by atoms with Crippen molar-refractivity contribution in [2.24, 2.45) is 11.8 Å². The van der Waals surface area contributed by atoms with E-state index in [1.165, 1.54) is 32.1 Å². The molecule has 1 aliphatic carbocycles. The van der Waals surface area contributed by atoms with Crippen molar-refractivity contribution in [2.45, 2.75) is 52.9 Å². The summed E-state index contributed by atoms with van der Waals surface area (Å²) in [5.41, 5.74) is 2.67. The van der Waals surface area contributed by atoms with Gasteiger partial charge in [-0.3, -0.25) is 0 Å². The van der Waals surface area contributed by atoms with Crippen molar-refractivity contribution < 1.29 is 0 Å². The number of hydrogen-bond donors (Lipinski definition) is 1. The minimum atomic E-state index is 0.692. The van der Waals surface area contributed by atoms with E-state index in [1.807, 2.05) is 19.9 Å². The third-order valence-electron chi connectivity index (χ3n) is 4.56. The number of hydrogen-bond acceptors (Lipinski definition) is 3. The van der Waals surface area contributed by atoms with Gasteiger partial charge in [0, 0.05) is 12.2 Å². The Morgan fingerprint density at radius 2 is 1.90 bits per heavy atom. The van der Waals surface area contributed by atoms with Crippen LogP contribution in [0.2, 0.25) is 0 Å². The van der Waals surface area contributed by atoms with Gasteiger partial charge in [0.15, 0.2) is 0 Å². The summed E-state index contributed by atoms with van der Waals surface area (Å²) in [5.74, 6) is 2.43. The minimum Gasteiger partial charge on any atom is -0.369 e. The fraction of sp³-hybridized carbons (Fsp3) is 0.647. The molecule has 0 saturated heterocycles. The van der Waals surface area contributed by atoms with E-state index in [0.29, 0.717) is 5.56 Å². The lowest BCUT2D eigenvalue weighted by Crippen LogP contribution is -2.21. The predicted molar refractivity (Wildman–Crippen MR) is 82.7 cm³/mol. The third kappa shape index (κ3) is 3.50. The van der Waals surface area contributed by atoms with Gasteiger partial charge in [0.1, 0.15) is 11.9 Å². The van der Waals surface area contributed by atoms with Gasteiger partial charge in [-0.25, -0.2) is 4.98 Å². The van der Waals surface area contributed by atoms with Crippen molar-refractivity contribution in [3.05, 3.63) is 22.9 Å². The van der Waals surface area contributed by atoms with Crippen LogP contribution in [0.3, 0.4) is 0 Å². The summed E-state index contributed by atoms with van der Waals surface area (Å²) in [5, 5.41) is 12.7. The van der Waals surface area contributed by atoms with Crippen molar-refractivity contribution in [2.75, 3.05) is 11.9 Å². The van der Waals surface area contributed by atoms with Crippen LogP contribution in [0.5, 0.6) is 0 Å². The molecule has 0 atom stereocenters. The quantitative estimate of drug-likeness (QED) is 0.893. The molecule has 0 aliphatic heterocycles. The van der Waals surface area contributed by atoms with Crippen LogP contribution in [0.4, 0.5) is 5.82 Å². The Bertz CT molecular complexity index is 494. The predicted octanol–water partition coefficient (Wildman–Crippen LogP) is 4.20. The molecule has 3 heteroatoms. The summed E-state index contributed by atoms with van der Waals surface area (Å²) in [6.07, 6.45) is 6.64. The number of nitrogens with one attached hydrogen (secondary N) is 1. The Balaban J connectivity index is 1.96. The molecule has 1 aromatic heterocycles. The van der Waals surface area contributed by atoms with Crippen molar-refractivity contribution in [3.8, 4) is 6.07 Å². The van der Waals surface area contributed by atoms with Gasteiger partial charge in [0.25, 0.3) is 0 Å². The van der Waals surface area contributed by atoms with Crippen LogP contribution < -0.4 is 5.32 Å². The molecule has 2 rings (SSSR count). The molecule has 1 heterocycles. The minimum absolute atomic E-state index is 0.692. The average molecular weight is 271 g/mol. The number of anilines is 1. The second-order valence-electron chi connectivity index (χ2n) is 6.09. The van der Waals surface area contributed by atoms with E-state index >= 15 is 0 Å². The Morgan fingerprint density at radius 3 is 2.50 bits per heavy atom. The SMILES string of the molecule is CCC1CCC(CNc2nc(C)cc(C)c2C#N)CC1. The summed E-state index contributed by atoms with van der Waals surface area (Å²) in [6.45, 7) is 7.19. The zero-order chi connectivity index (χ0) is 14.5. The topological polar surface area (TPSA) is 48.7 Å². The average Bonchev–Trinajstić information content (AvgIpc) is 2.45. The first kappa shape index (κ1) is 14.8. The Hall–Kier alpha value is -1.56. The summed E-state index contributed by atoms with van der Waals surface area (Å²) in [6, 6.07) is 4.24. The number of nitriles is 1. The monoisotopic (exact) mass is 271 g/mol. The third-order valence-corrected chi connectivity index (χ3v) is 4.56. The highest BCUT2D eigenvalue weighted by Gasteiger charge is 2.20. The molecule has 0 unspecified atom stereocenters. The highest BCUT2D eigenvalue weighted by Crippen LogP contribution is 2.31. The van der Waals surface area contributed by atoms with Gasteiger partial charge in [-0.05, 0) is 50.2 Å². The molecule has 0 aromatic carbocycles. The molecule has 1 fully saturated rings. The van der Waals surface area contributed by atoms with Gasteiger partial charge in [0.2, 0.25) is 0 Å². The second-order valence-corrected chi connectivity index (χ2v) is 6.09. The summed E-state index contributed by atoms with van der Waals surface area (Å²) in [7, 11) is 0. The van der Waals surface area contributed by atoms with E-state index < -0.39 is 0 Å². The highest BCUT2D eigenvalue weighted by molar-refractivity contribution is 5.56. The van der Waals surface area contributed by atoms with Crippen LogP contribution in [-0.4, -0.2) is 11.5 Å². The van der Waals surface area contributed by atoms with Gasteiger partial charge >= 0.3 is 0 Å². The van der Waals surface area contributed by atoms with Crippen molar-refractivity contribution in [1.82, 2.24) is 4.98 Å². The van der Waals surface area contributed by atoms with Crippen LogP contribution >= 0.6 is 0 Å². The molecule has 1 aliphatic rings. The molecule has 1 N–H and O–H groups in total. The Labute approximate surface area is 122 Å². The Kier molecular flexibility index (Phi) is 5.00. The van der Waals surface area contributed by atoms with E-state index in [2.05, 4.69) is 23.3 Å². The molecule has 0 spiro atoms. The Morgan fingerprint density at radius 1 is 1.25 bits per heavy atom. The zero-order valence-corrected chi connectivity index (χ0v) is 12.9. The first-order valence-corrected chi connectivity index (χ1v) is 7.76. The molecule has 1 aromatic rings. The van der Waals surface area contributed by atoms with Crippen LogP contribution in [0.1, 0.15) is 55.8 Å². The maximum absolute atomic E-state index is 9.26. The number of aromatic nitrogens is 1. The van der Waals surface area contributed by atoms with Gasteiger partial charge in [0.05, 0.1) is 5.56 Å². The fourth-order valence-electron chi connectivity index (χ4n) is 3.19. The molecule has 0 radical (unpaired) electrons. The number of pyridine rings is 1. The first-order chi connectivity index (χ1) is 9.63. The van der Waals surface area contributed by atoms with E-state index in [4.69, 9.17) is 0 Å². The molecule has 1 saturated carbocycles. The molecule has 0 amide bonds. The molecule has 3 nitrogen and oxygen atoms in total. The number of nitrogens with zero attached hydrogens (tertiary/aromatic N) is 2. The van der Waals surface area contributed by atoms with Crippen molar-refractivity contribution in [3.63, 3.8) is 0 Å². The van der Waals surface area contributed by atoms with Gasteiger partial charge in [-0.2, -0.15) is 5.26 Å². The zero-order valence-electron chi connectivity index (χ0n) is 12.9. The standard InChI is InChI=1S/C17H25N3/c1-4-14-5-7-15(8-6-14)11-19-17-16(10-18)12(2)9-13(3)20-17/h9,14-15H,4-8,11H2,1-3H3,(H,19,20). The lowest BCUT2D eigenvalue weighted by atomic mass is 9.81. The van der Waals surface area contributed by atoms with Crippen molar-refractivity contribution in [1.29, 1.82) is 5.26 Å². The molecular weight excluding hydrogens is 246 g/mol. The molecule has 0 bridgehead atoms. The number of rotatable bonds is 4. The van der Waals surface area contributed by atoms with Crippen LogP contribution in [0.25, 0.3) is 0 Å². The van der Waals surface area contributed by atoms with Gasteiger partial charge < -0.3 is 5.32 Å². The van der Waals surface area contributed by atoms with E-state index in [-0.39, 0.29) is 0 Å². The normalized spacial score (nSPS) is 22.3. The van der Waals surface area contributed by atoms with E-state index in [1.54, 1.807) is 0 Å². The number of aryl methyl sites for hydroxylation is 2. The first-order valence-electron chi connectivity index (χ1n) is 7.76. The summed E-state index contributed by atoms with van der Waals surface area (Å²) < 4.78 is 0.